The molecule has 1 aromatic carbocycles. The van der Waals surface area contributed by atoms with Crippen LogP contribution in [0.1, 0.15) is 83.1 Å². The average Bonchev–Trinajstić information content (AvgIpc) is 2.63. The van der Waals surface area contributed by atoms with E-state index >= 15 is 0 Å². The Bertz CT molecular complexity index is 433. The predicted molar refractivity (Wildman–Crippen MR) is 106 cm³/mol. The first-order valence-electron chi connectivity index (χ1n) is 10.2. The van der Waals surface area contributed by atoms with E-state index in [1.807, 2.05) is 30.3 Å². The van der Waals surface area contributed by atoms with Crippen molar-refractivity contribution in [1.29, 1.82) is 0 Å². The van der Waals surface area contributed by atoms with Crippen LogP contribution in [0.3, 0.4) is 0 Å². The molecule has 0 aromatic heterocycles. The second-order valence-electron chi connectivity index (χ2n) is 7.00. The summed E-state index contributed by atoms with van der Waals surface area (Å²) in [6, 6.07) is 9.28. The highest BCUT2D eigenvalue weighted by atomic mass is 16.5. The number of hydrogen-bond acceptors (Lipinski definition) is 3. The van der Waals surface area contributed by atoms with Crippen molar-refractivity contribution >= 4 is 5.97 Å². The van der Waals surface area contributed by atoms with Gasteiger partial charge in [-0.05, 0) is 18.4 Å². The molecule has 0 saturated carbocycles. The molecule has 25 heavy (non-hydrogen) atoms. The third-order valence-corrected chi connectivity index (χ3v) is 4.59. The Labute approximate surface area is 154 Å². The lowest BCUT2D eigenvalue weighted by Crippen LogP contribution is -2.34. The van der Waals surface area contributed by atoms with Crippen molar-refractivity contribution in [3.8, 4) is 0 Å². The molecule has 0 fully saturated rings. The van der Waals surface area contributed by atoms with Crippen molar-refractivity contribution in [1.82, 2.24) is 0 Å². The largest absolute Gasteiger partial charge is 0.465 e. The highest BCUT2D eigenvalue weighted by Crippen LogP contribution is 2.11. The van der Waals surface area contributed by atoms with E-state index in [-0.39, 0.29) is 5.97 Å². The molecule has 2 N–H and O–H groups in total. The Morgan fingerprint density at radius 2 is 1.40 bits per heavy atom. The number of ether oxygens (including phenoxy) is 1. The van der Waals surface area contributed by atoms with Crippen LogP contribution in [0.2, 0.25) is 0 Å². The van der Waals surface area contributed by atoms with Crippen molar-refractivity contribution in [3.05, 3.63) is 35.9 Å². The van der Waals surface area contributed by atoms with Crippen LogP contribution in [0.15, 0.2) is 30.3 Å². The fourth-order valence-electron chi connectivity index (χ4n) is 3.00. The summed E-state index contributed by atoms with van der Waals surface area (Å²) in [4.78, 5) is 11.9. The molecule has 0 spiro atoms. The van der Waals surface area contributed by atoms with Gasteiger partial charge in [-0.1, -0.05) is 101 Å². The first-order chi connectivity index (χ1) is 12.2. The monoisotopic (exact) mass is 347 g/mol. The van der Waals surface area contributed by atoms with Gasteiger partial charge in [-0.15, -0.1) is 0 Å². The molecule has 0 unspecified atom stereocenters. The molecule has 1 aromatic rings. The SMILES string of the molecule is CCCCCCCCCCCCCOC(=O)[C@@H](N)Cc1ccccc1. The molecule has 0 aliphatic carbocycles. The molecule has 1 atom stereocenters. The fraction of sp³-hybridized carbons (Fsp3) is 0.682. The maximum Gasteiger partial charge on any atom is 0.323 e. The highest BCUT2D eigenvalue weighted by molar-refractivity contribution is 5.75. The molecule has 0 bridgehead atoms. The summed E-state index contributed by atoms with van der Waals surface area (Å²) in [5, 5.41) is 0. The molecule has 142 valence electrons. The molecule has 0 radical (unpaired) electrons. The summed E-state index contributed by atoms with van der Waals surface area (Å²) in [5.41, 5.74) is 6.98. The smallest absolute Gasteiger partial charge is 0.323 e. The van der Waals surface area contributed by atoms with Crippen LogP contribution in [-0.4, -0.2) is 18.6 Å². The van der Waals surface area contributed by atoms with Gasteiger partial charge in [0, 0.05) is 0 Å². The van der Waals surface area contributed by atoms with E-state index in [0.29, 0.717) is 13.0 Å². The van der Waals surface area contributed by atoms with Crippen molar-refractivity contribution in [2.24, 2.45) is 5.73 Å². The Morgan fingerprint density at radius 3 is 1.96 bits per heavy atom. The van der Waals surface area contributed by atoms with Gasteiger partial charge in [0.2, 0.25) is 0 Å². The zero-order valence-electron chi connectivity index (χ0n) is 16.1. The van der Waals surface area contributed by atoms with Gasteiger partial charge < -0.3 is 10.5 Å². The van der Waals surface area contributed by atoms with Gasteiger partial charge in [0.05, 0.1) is 6.61 Å². The standard InChI is InChI=1S/C22H37NO2/c1-2-3-4-5-6-7-8-9-10-11-15-18-25-22(24)21(23)19-20-16-13-12-14-17-20/h12-14,16-17,21H,2-11,15,18-19,23H2,1H3/t21-/m0/s1. The fourth-order valence-corrected chi connectivity index (χ4v) is 3.00. The van der Waals surface area contributed by atoms with Crippen molar-refractivity contribution in [2.75, 3.05) is 6.61 Å². The van der Waals surface area contributed by atoms with E-state index in [9.17, 15) is 4.79 Å². The molecule has 0 heterocycles. The Kier molecular flexibility index (Phi) is 13.0. The van der Waals surface area contributed by atoms with E-state index in [4.69, 9.17) is 10.5 Å². The minimum absolute atomic E-state index is 0.282. The van der Waals surface area contributed by atoms with Crippen LogP contribution >= 0.6 is 0 Å². The maximum absolute atomic E-state index is 11.9. The van der Waals surface area contributed by atoms with E-state index < -0.39 is 6.04 Å². The maximum atomic E-state index is 11.9. The first-order valence-corrected chi connectivity index (χ1v) is 10.2. The molecule has 0 aliphatic heterocycles. The van der Waals surface area contributed by atoms with E-state index in [1.165, 1.54) is 57.8 Å². The van der Waals surface area contributed by atoms with Crippen LogP contribution in [0.25, 0.3) is 0 Å². The Hall–Kier alpha value is -1.35. The normalized spacial score (nSPS) is 12.1. The topological polar surface area (TPSA) is 52.3 Å². The van der Waals surface area contributed by atoms with Crippen LogP contribution in [-0.2, 0) is 16.0 Å². The molecule has 0 aliphatic rings. The number of esters is 1. The molecule has 3 nitrogen and oxygen atoms in total. The third-order valence-electron chi connectivity index (χ3n) is 4.59. The number of rotatable bonds is 15. The lowest BCUT2D eigenvalue weighted by Gasteiger charge is -2.11. The number of carbonyl (C=O) groups excluding carboxylic acids is 1. The summed E-state index contributed by atoms with van der Waals surface area (Å²) in [5.74, 6) is -0.282. The summed E-state index contributed by atoms with van der Waals surface area (Å²) < 4.78 is 5.29. The van der Waals surface area contributed by atoms with E-state index in [0.717, 1.165) is 18.4 Å². The Morgan fingerprint density at radius 1 is 0.880 bits per heavy atom. The Balaban J connectivity index is 1.91. The summed E-state index contributed by atoms with van der Waals surface area (Å²) in [7, 11) is 0. The number of hydrogen-bond donors (Lipinski definition) is 1. The minimum atomic E-state index is -0.560. The molecule has 0 amide bonds. The van der Waals surface area contributed by atoms with Crippen LogP contribution in [0.5, 0.6) is 0 Å². The van der Waals surface area contributed by atoms with E-state index in [2.05, 4.69) is 6.92 Å². The zero-order valence-corrected chi connectivity index (χ0v) is 16.1. The summed E-state index contributed by atoms with van der Waals surface area (Å²) in [6.07, 6.45) is 14.8. The van der Waals surface area contributed by atoms with Crippen LogP contribution in [0, 0.1) is 0 Å². The van der Waals surface area contributed by atoms with Gasteiger partial charge in [0.1, 0.15) is 6.04 Å². The third kappa shape index (κ3) is 11.8. The van der Waals surface area contributed by atoms with E-state index in [1.54, 1.807) is 0 Å². The van der Waals surface area contributed by atoms with Crippen molar-refractivity contribution < 1.29 is 9.53 Å². The predicted octanol–water partition coefficient (Wildman–Crippen LogP) is 5.41. The van der Waals surface area contributed by atoms with Crippen molar-refractivity contribution in [2.45, 2.75) is 90.0 Å². The average molecular weight is 348 g/mol. The van der Waals surface area contributed by atoms with Gasteiger partial charge in [-0.2, -0.15) is 0 Å². The van der Waals surface area contributed by atoms with Gasteiger partial charge in [0.25, 0.3) is 0 Å². The number of carbonyl (C=O) groups is 1. The highest BCUT2D eigenvalue weighted by Gasteiger charge is 2.15. The van der Waals surface area contributed by atoms with Gasteiger partial charge in [-0.25, -0.2) is 0 Å². The first kappa shape index (κ1) is 21.7. The number of benzene rings is 1. The van der Waals surface area contributed by atoms with Crippen LogP contribution in [0.4, 0.5) is 0 Å². The quantitative estimate of drug-likeness (QED) is 0.341. The van der Waals surface area contributed by atoms with Crippen LogP contribution < -0.4 is 5.73 Å². The second kappa shape index (κ2) is 14.9. The number of nitrogens with two attached hydrogens (primary N) is 1. The lowest BCUT2D eigenvalue weighted by atomic mass is 10.1. The lowest BCUT2D eigenvalue weighted by molar-refractivity contribution is -0.145. The second-order valence-corrected chi connectivity index (χ2v) is 7.00. The minimum Gasteiger partial charge on any atom is -0.465 e. The van der Waals surface area contributed by atoms with Gasteiger partial charge >= 0.3 is 5.97 Å². The summed E-state index contributed by atoms with van der Waals surface area (Å²) in [6.45, 7) is 2.76. The molecular weight excluding hydrogens is 310 g/mol. The van der Waals surface area contributed by atoms with Crippen molar-refractivity contribution in [3.63, 3.8) is 0 Å². The molecule has 3 heteroatoms. The molecule has 1 rings (SSSR count). The summed E-state index contributed by atoms with van der Waals surface area (Å²) >= 11 is 0. The van der Waals surface area contributed by atoms with Gasteiger partial charge in [0.15, 0.2) is 0 Å². The number of unbranched alkanes of at least 4 members (excludes halogenated alkanes) is 10. The molecular formula is C22H37NO2. The molecule has 0 saturated heterocycles. The zero-order chi connectivity index (χ0) is 18.2. The van der Waals surface area contributed by atoms with Gasteiger partial charge in [-0.3, -0.25) is 4.79 Å².